The molecule has 0 spiro atoms. The number of carbonyl (C=O) groups excluding carboxylic acids is 12. The van der Waals surface area contributed by atoms with Crippen LogP contribution in [0.3, 0.4) is 0 Å². The van der Waals surface area contributed by atoms with Crippen LogP contribution in [0.1, 0.15) is 132 Å². The number of anilines is 3. The van der Waals surface area contributed by atoms with Crippen molar-refractivity contribution in [1.29, 1.82) is 0 Å². The fourth-order valence-electron chi connectivity index (χ4n) is 12.0. The highest BCUT2D eigenvalue weighted by atomic mass is 79.9. The summed E-state index contributed by atoms with van der Waals surface area (Å²) < 4.78 is 0. The van der Waals surface area contributed by atoms with Crippen LogP contribution in [-0.2, 0) is 72.1 Å². The molecule has 0 bridgehead atoms. The van der Waals surface area contributed by atoms with E-state index in [1.165, 1.54) is 34.7 Å². The zero-order valence-electron chi connectivity index (χ0n) is 60.9. The van der Waals surface area contributed by atoms with Gasteiger partial charge in [-0.2, -0.15) is 24.2 Å². The monoisotopic (exact) mass is 1640 g/mol. The van der Waals surface area contributed by atoms with Crippen molar-refractivity contribution in [3.05, 3.63) is 159 Å². The molecule has 33 nitrogen and oxygen atoms in total. The number of hydrogen-bond acceptors (Lipinski definition) is 24. The summed E-state index contributed by atoms with van der Waals surface area (Å²) in [4.78, 5) is 197. The number of Topliss-reactive ketones (excluding diaryl/α,β-unsaturated/α-hetero) is 4. The maximum absolute atomic E-state index is 13.9. The standard InChI is InChI=1S/C41H38BrN3O6S2.C33H44N12O8.2CO2/c1-2-25(41(50)51)22-53-52-12-11-29(46)15-23-7-9-32-26(13-23)17-34(43-32)38(48)16-24-8-10-33-27(14-24)18-35(44-33)40(49)45-21-28(20-42)39-31-6-4-3-5-30(31)37(47)19-36(39)45;1-17(24(47)13-20(5-3-12-38-32(34)35)30(52)43-23(18(2)46)14-26(49)50)41-25(48)6-4-11-37-29(51)19-7-9-21(10-8-19)39-15-22-16-40-28-27(42-22)31(53)45-33(36)44-28;2*2-1-3/h3-10,13-14,17-19,25,28,43-44,47H,2,11-12,15-16,20-22H2,1H3,(H,50,51);7-10,16-17,20,23,39H,3-6,11-15H2,1-2H3,(H,37,51)(H,41,48)(H,43,52)(H,49,50)(H4,34,35,38)(H3,36,40,44,45,53);;/t25-,28?;17-,20+,23-;;/m00../s1. The first kappa shape index (κ1) is 87.0. The van der Waals surface area contributed by atoms with Gasteiger partial charge in [0.05, 0.1) is 54.2 Å². The molecule has 9 aromatic rings. The van der Waals surface area contributed by atoms with E-state index >= 15 is 0 Å². The van der Waals surface area contributed by atoms with Crippen molar-refractivity contribution in [1.82, 2.24) is 45.9 Å². The number of benzene rings is 5. The summed E-state index contributed by atoms with van der Waals surface area (Å²) >= 11 is 3.63. The third-order valence-corrected chi connectivity index (χ3v) is 21.0. The van der Waals surface area contributed by atoms with Gasteiger partial charge in [0.2, 0.25) is 17.8 Å². The molecule has 5 aromatic carbocycles. The van der Waals surface area contributed by atoms with Gasteiger partial charge >= 0.3 is 24.2 Å². The fraction of sp³-hybridized carbons (Fsp3) is 0.329. The molecule has 588 valence electrons. The average Bonchev–Trinajstić information content (AvgIpc) is 1.58. The van der Waals surface area contributed by atoms with E-state index in [4.69, 9.17) is 41.5 Å². The molecule has 0 aliphatic carbocycles. The van der Waals surface area contributed by atoms with Crippen LogP contribution in [0.25, 0.3) is 43.7 Å². The van der Waals surface area contributed by atoms with Gasteiger partial charge in [-0.25, -0.2) is 9.97 Å². The molecule has 0 fully saturated rings. The number of alkyl halides is 1. The first-order chi connectivity index (χ1) is 53.6. The minimum atomic E-state index is -1.28. The van der Waals surface area contributed by atoms with Gasteiger partial charge in [-0.1, -0.05) is 80.8 Å². The number of aliphatic carboxylic acids is 2. The Bertz CT molecular complexity index is 5100. The van der Waals surface area contributed by atoms with E-state index in [2.05, 4.69) is 72.1 Å². The molecule has 10 rings (SSSR count). The molecule has 4 amide bonds. The number of aromatic nitrogens is 6. The van der Waals surface area contributed by atoms with Crippen molar-refractivity contribution in [2.24, 2.45) is 28.3 Å². The lowest BCUT2D eigenvalue weighted by atomic mass is 9.93. The summed E-state index contributed by atoms with van der Waals surface area (Å²) in [6.07, 6.45) is 3.29. The zero-order chi connectivity index (χ0) is 81.7. The lowest BCUT2D eigenvalue weighted by Gasteiger charge is -2.21. The molecule has 1 unspecified atom stereocenters. The van der Waals surface area contributed by atoms with Crippen molar-refractivity contribution in [3.63, 3.8) is 0 Å². The number of carbonyl (C=O) groups is 10. The Balaban J connectivity index is 0.000000290. The van der Waals surface area contributed by atoms with Gasteiger partial charge in [0.1, 0.15) is 17.2 Å². The Morgan fingerprint density at radius 1 is 0.777 bits per heavy atom. The van der Waals surface area contributed by atoms with Gasteiger partial charge in [0, 0.05) is 125 Å². The van der Waals surface area contributed by atoms with Crippen molar-refractivity contribution < 1.29 is 82.4 Å². The third kappa shape index (κ3) is 25.2. The summed E-state index contributed by atoms with van der Waals surface area (Å²) in [5.41, 5.74) is 23.4. The van der Waals surface area contributed by atoms with Gasteiger partial charge in [0.25, 0.3) is 17.4 Å². The van der Waals surface area contributed by atoms with Gasteiger partial charge in [-0.15, -0.1) is 0 Å². The Morgan fingerprint density at radius 2 is 1.43 bits per heavy atom. The Morgan fingerprint density at radius 3 is 2.06 bits per heavy atom. The molecular formula is C76H82BrN15O18S2. The van der Waals surface area contributed by atoms with Crippen LogP contribution in [0, 0.1) is 11.8 Å². The topological polar surface area (TPSA) is 545 Å². The number of halogens is 1. The van der Waals surface area contributed by atoms with E-state index in [1.54, 1.807) is 35.2 Å². The average molecular weight is 1640 g/mol. The van der Waals surface area contributed by atoms with E-state index < -0.39 is 65.3 Å². The number of nitrogens with zero attached hydrogens (tertiary/aromatic N) is 5. The molecule has 0 saturated heterocycles. The summed E-state index contributed by atoms with van der Waals surface area (Å²) in [7, 11) is 3.03. The second-order valence-corrected chi connectivity index (χ2v) is 29.1. The smallest absolute Gasteiger partial charge is 0.373 e. The number of ketones is 4. The fourth-order valence-corrected chi connectivity index (χ4v) is 15.0. The molecule has 36 heteroatoms. The summed E-state index contributed by atoms with van der Waals surface area (Å²) in [6, 6.07) is 28.9. The molecule has 1 aliphatic heterocycles. The SMILES string of the molecule is CC(=O)[C@H](CC(=O)O)NC(=O)[C@H](CCCN=C(N)N)CC(=O)[C@H](C)NC(=O)CCCNC(=O)c1ccc(NCc2cnc3nc(N)[nH]c(=O)c3n2)cc1.CC[C@@H](CSSCCC(=O)Cc1ccc2[nH]c(C(=O)Cc3ccc4[nH]c(C(=O)N5CC(CBr)c6c5cc(O)c5ccccc65)cc4c3)cc2c1)C(=O)O.O=C=O.O=C=O. The number of aromatic hydroxyl groups is 1. The first-order valence-corrected chi connectivity index (χ1v) is 38.6. The number of carboxylic acid groups (broad SMARTS) is 2. The number of aromatic amines is 3. The van der Waals surface area contributed by atoms with Crippen LogP contribution in [0.4, 0.5) is 17.3 Å². The summed E-state index contributed by atoms with van der Waals surface area (Å²) in [5.74, 6) is -4.81. The second-order valence-electron chi connectivity index (χ2n) is 25.8. The number of guanidine groups is 1. The highest BCUT2D eigenvalue weighted by molar-refractivity contribution is 9.09. The number of hydrogen-bond donors (Lipinski definition) is 13. The molecule has 0 radical (unpaired) electrons. The normalized spacial score (nSPS) is 13.0. The maximum atomic E-state index is 13.9. The van der Waals surface area contributed by atoms with Crippen LogP contribution >= 0.6 is 37.5 Å². The largest absolute Gasteiger partial charge is 0.507 e. The number of nitrogens with two attached hydrogens (primary N) is 3. The van der Waals surface area contributed by atoms with Crippen LogP contribution in [0.2, 0.25) is 0 Å². The molecule has 5 heterocycles. The van der Waals surface area contributed by atoms with Crippen molar-refractivity contribution in [2.45, 2.75) is 110 Å². The minimum Gasteiger partial charge on any atom is -0.507 e. The Labute approximate surface area is 655 Å². The molecular weight excluding hydrogens is 1550 g/mol. The number of aliphatic imine (C=N–C) groups is 1. The molecule has 4 aromatic heterocycles. The number of phenolic OH excluding ortho intramolecular Hbond substituents is 1. The first-order valence-electron chi connectivity index (χ1n) is 35.0. The highest BCUT2D eigenvalue weighted by Crippen LogP contribution is 2.46. The van der Waals surface area contributed by atoms with Gasteiger partial charge in [-0.3, -0.25) is 62.7 Å². The van der Waals surface area contributed by atoms with E-state index in [1.807, 2.05) is 79.7 Å². The quantitative estimate of drug-likeness (QED) is 0.00469. The van der Waals surface area contributed by atoms with Crippen LogP contribution in [0.5, 0.6) is 5.75 Å². The lowest BCUT2D eigenvalue weighted by Crippen LogP contribution is -2.46. The molecule has 0 saturated carbocycles. The van der Waals surface area contributed by atoms with E-state index in [-0.39, 0.29) is 128 Å². The summed E-state index contributed by atoms with van der Waals surface area (Å²) in [6.45, 7) is 5.59. The molecule has 1 aliphatic rings. The molecule has 5 atom stereocenters. The van der Waals surface area contributed by atoms with Crippen LogP contribution in [0.15, 0.2) is 119 Å². The Hall–Kier alpha value is -12.2. The van der Waals surface area contributed by atoms with E-state index in [0.29, 0.717) is 83.1 Å². The van der Waals surface area contributed by atoms with Crippen LogP contribution < -0.4 is 48.9 Å². The number of amides is 4. The summed E-state index contributed by atoms with van der Waals surface area (Å²) in [5, 5.41) is 44.0. The van der Waals surface area contributed by atoms with Gasteiger partial charge < -0.3 is 68.7 Å². The second kappa shape index (κ2) is 42.7. The maximum Gasteiger partial charge on any atom is 0.373 e. The molecule has 16 N–H and O–H groups in total. The van der Waals surface area contributed by atoms with E-state index in [9.17, 15) is 63.0 Å². The number of fused-ring (bicyclic) bond motifs is 6. The number of phenols is 1. The number of rotatable bonds is 36. The van der Waals surface area contributed by atoms with Crippen molar-refractivity contribution in [3.8, 4) is 5.75 Å². The number of H-pyrrole nitrogens is 3. The number of carboxylic acids is 2. The predicted octanol–water partition coefficient (Wildman–Crippen LogP) is 7.00. The zero-order valence-corrected chi connectivity index (χ0v) is 64.1. The lowest BCUT2D eigenvalue weighted by molar-refractivity contribution is -0.193. The minimum absolute atomic E-state index is 0.00560. The highest BCUT2D eigenvalue weighted by Gasteiger charge is 2.36. The Kier molecular flexibility index (Phi) is 33.1. The third-order valence-electron chi connectivity index (χ3n) is 17.7. The number of nitrogens with one attached hydrogen (secondary N) is 7. The van der Waals surface area contributed by atoms with Gasteiger partial charge in [-0.05, 0) is 122 Å². The van der Waals surface area contributed by atoms with Gasteiger partial charge in [0.15, 0.2) is 34.5 Å². The molecule has 112 heavy (non-hydrogen) atoms. The number of nitrogen functional groups attached to an aromatic ring is 1. The van der Waals surface area contributed by atoms with Crippen molar-refractivity contribution >= 4 is 176 Å². The van der Waals surface area contributed by atoms with Crippen molar-refractivity contribution in [2.75, 3.05) is 52.4 Å². The van der Waals surface area contributed by atoms with E-state index in [0.717, 1.165) is 56.2 Å². The van der Waals surface area contributed by atoms with Crippen LogP contribution in [-0.4, -0.2) is 171 Å². The predicted molar refractivity (Wildman–Crippen MR) is 421 cm³/mol.